The molecule has 7 heteroatoms. The Bertz CT molecular complexity index is 973. The van der Waals surface area contributed by atoms with Crippen LogP contribution in [0.25, 0.3) is 22.3 Å². The van der Waals surface area contributed by atoms with Gasteiger partial charge in [-0.05, 0) is 42.6 Å². The van der Waals surface area contributed by atoms with Crippen molar-refractivity contribution in [2.24, 2.45) is 5.73 Å². The second kappa shape index (κ2) is 5.96. The van der Waals surface area contributed by atoms with Gasteiger partial charge >= 0.3 is 0 Å². The van der Waals surface area contributed by atoms with E-state index >= 15 is 0 Å². The minimum atomic E-state index is -0.419. The van der Waals surface area contributed by atoms with Crippen molar-refractivity contribution < 1.29 is 9.53 Å². The number of aromatic amines is 1. The van der Waals surface area contributed by atoms with Crippen LogP contribution in [0.5, 0.6) is 0 Å². The minimum Gasteiger partial charge on any atom is -0.373 e. The second-order valence-electron chi connectivity index (χ2n) is 7.02. The van der Waals surface area contributed by atoms with Crippen molar-refractivity contribution in [1.29, 1.82) is 0 Å². The van der Waals surface area contributed by atoms with Gasteiger partial charge in [0.25, 0.3) is 5.91 Å². The quantitative estimate of drug-likeness (QED) is 0.669. The zero-order chi connectivity index (χ0) is 17.7. The Balaban J connectivity index is 1.67. The summed E-state index contributed by atoms with van der Waals surface area (Å²) < 4.78 is 7.49. The lowest BCUT2D eigenvalue weighted by Gasteiger charge is -2.12. The Kier molecular flexibility index (Phi) is 3.58. The van der Waals surface area contributed by atoms with Crippen molar-refractivity contribution in [2.75, 3.05) is 19.7 Å². The number of nitrogens with two attached hydrogens (primary N) is 1. The number of carbonyl (C=O) groups excluding carboxylic acids is 1. The molecule has 0 radical (unpaired) electrons. The maximum atomic E-state index is 11.9. The smallest absolute Gasteiger partial charge is 0.250 e. The molecule has 4 N–H and O–H groups in total. The topological polar surface area (TPSA) is 98.0 Å². The summed E-state index contributed by atoms with van der Waals surface area (Å²) in [5, 5.41) is 9.17. The Morgan fingerprint density at radius 3 is 3.04 bits per heavy atom. The number of ether oxygens (including phenoxy) is 1. The normalized spacial score (nSPS) is 19.8. The van der Waals surface area contributed by atoms with Gasteiger partial charge in [0.2, 0.25) is 0 Å². The van der Waals surface area contributed by atoms with Crippen LogP contribution in [0.1, 0.15) is 34.0 Å². The molecule has 1 saturated heterocycles. The van der Waals surface area contributed by atoms with Crippen LogP contribution in [0.2, 0.25) is 0 Å². The van der Waals surface area contributed by atoms with E-state index in [0.717, 1.165) is 54.0 Å². The minimum absolute atomic E-state index is 0.419. The summed E-state index contributed by atoms with van der Waals surface area (Å²) >= 11 is 0. The fourth-order valence-electron chi connectivity index (χ4n) is 4.08. The molecule has 0 unspecified atom stereocenters. The van der Waals surface area contributed by atoms with Crippen LogP contribution in [-0.2, 0) is 17.9 Å². The summed E-state index contributed by atoms with van der Waals surface area (Å²) in [5.41, 5.74) is 11.0. The Labute approximate surface area is 150 Å². The van der Waals surface area contributed by atoms with Gasteiger partial charge in [-0.25, -0.2) is 0 Å². The molecule has 1 aromatic carbocycles. The molecule has 4 heterocycles. The molecule has 3 aromatic rings. The van der Waals surface area contributed by atoms with Gasteiger partial charge in [-0.3, -0.25) is 9.48 Å². The maximum absolute atomic E-state index is 11.9. The van der Waals surface area contributed by atoms with Crippen molar-refractivity contribution in [3.63, 3.8) is 0 Å². The molecule has 2 aliphatic heterocycles. The number of aromatic nitrogens is 3. The van der Waals surface area contributed by atoms with Crippen molar-refractivity contribution in [1.82, 2.24) is 20.1 Å². The molecule has 5 rings (SSSR count). The summed E-state index contributed by atoms with van der Waals surface area (Å²) in [6, 6.07) is 8.03. The summed E-state index contributed by atoms with van der Waals surface area (Å²) in [5.74, 6) is 0.0312. The molecule has 0 aliphatic carbocycles. The first-order valence-corrected chi connectivity index (χ1v) is 9.01. The summed E-state index contributed by atoms with van der Waals surface area (Å²) in [4.78, 5) is 15.3. The summed E-state index contributed by atoms with van der Waals surface area (Å²) in [7, 11) is 0. The number of benzene rings is 1. The van der Waals surface area contributed by atoms with Gasteiger partial charge < -0.3 is 20.8 Å². The molecule has 2 aromatic heterocycles. The zero-order valence-electron chi connectivity index (χ0n) is 14.4. The van der Waals surface area contributed by atoms with Crippen LogP contribution < -0.4 is 11.1 Å². The van der Waals surface area contributed by atoms with Crippen molar-refractivity contribution >= 4 is 16.8 Å². The molecule has 7 nitrogen and oxygen atoms in total. The van der Waals surface area contributed by atoms with E-state index in [9.17, 15) is 4.79 Å². The van der Waals surface area contributed by atoms with Gasteiger partial charge in [-0.15, -0.1) is 0 Å². The van der Waals surface area contributed by atoms with E-state index < -0.39 is 5.91 Å². The third-order valence-corrected chi connectivity index (χ3v) is 5.43. The first-order chi connectivity index (χ1) is 12.7. The van der Waals surface area contributed by atoms with E-state index in [1.54, 1.807) is 0 Å². The van der Waals surface area contributed by atoms with Gasteiger partial charge in [0.1, 0.15) is 5.69 Å². The highest BCUT2D eigenvalue weighted by Crippen LogP contribution is 2.34. The molecule has 134 valence electrons. The van der Waals surface area contributed by atoms with Gasteiger partial charge in [0.15, 0.2) is 0 Å². The van der Waals surface area contributed by atoms with Gasteiger partial charge in [-0.2, -0.15) is 5.10 Å². The molecule has 0 bridgehead atoms. The Morgan fingerprint density at radius 1 is 1.35 bits per heavy atom. The highest BCUT2D eigenvalue weighted by atomic mass is 16.5. The van der Waals surface area contributed by atoms with Crippen LogP contribution in [-0.4, -0.2) is 40.4 Å². The molecule has 1 fully saturated rings. The van der Waals surface area contributed by atoms with Gasteiger partial charge in [0.05, 0.1) is 42.2 Å². The number of amides is 1. The standard InChI is InChI=1S/C19H21N5O2/c20-19(25)14-2-1-13(11-3-4-21-9-11)15-8-16(22-18(14)15)17-7-12-10-26-6-5-24(12)23-17/h1-2,7-8,11,21-22H,3-6,9-10H2,(H2,20,25)/t11-/m0/s1. The molecular weight excluding hydrogens is 330 g/mol. The number of nitrogens with one attached hydrogen (secondary N) is 2. The summed E-state index contributed by atoms with van der Waals surface area (Å²) in [6.45, 7) is 4.02. The predicted octanol–water partition coefficient (Wildman–Crippen LogP) is 1.74. The average molecular weight is 351 g/mol. The predicted molar refractivity (Wildman–Crippen MR) is 97.9 cm³/mol. The van der Waals surface area contributed by atoms with Crippen LogP contribution in [0, 0.1) is 0 Å². The van der Waals surface area contributed by atoms with E-state index in [2.05, 4.69) is 16.4 Å². The first kappa shape index (κ1) is 15.6. The fraction of sp³-hybridized carbons (Fsp3) is 0.368. The third kappa shape index (κ3) is 2.43. The maximum Gasteiger partial charge on any atom is 0.250 e. The monoisotopic (exact) mass is 351 g/mol. The summed E-state index contributed by atoms with van der Waals surface area (Å²) in [6.07, 6.45) is 1.10. The molecule has 1 atom stereocenters. The largest absolute Gasteiger partial charge is 0.373 e. The Hall–Kier alpha value is -2.64. The molecule has 26 heavy (non-hydrogen) atoms. The zero-order valence-corrected chi connectivity index (χ0v) is 14.4. The number of primary amides is 1. The van der Waals surface area contributed by atoms with Crippen LogP contribution >= 0.6 is 0 Å². The number of hydrogen-bond donors (Lipinski definition) is 3. The lowest BCUT2D eigenvalue weighted by molar-refractivity contribution is 0.0801. The number of carbonyl (C=O) groups is 1. The SMILES string of the molecule is NC(=O)c1ccc([C@H]2CCNC2)c2cc(-c3cc4n(n3)CCOC4)[nH]c12. The molecule has 2 aliphatic rings. The Morgan fingerprint density at radius 2 is 2.27 bits per heavy atom. The lowest BCUT2D eigenvalue weighted by Crippen LogP contribution is -2.16. The number of rotatable bonds is 3. The number of fused-ring (bicyclic) bond motifs is 2. The van der Waals surface area contributed by atoms with E-state index in [4.69, 9.17) is 15.6 Å². The van der Waals surface area contributed by atoms with Crippen molar-refractivity contribution in [2.45, 2.75) is 25.5 Å². The highest BCUT2D eigenvalue weighted by Gasteiger charge is 2.23. The first-order valence-electron chi connectivity index (χ1n) is 9.01. The number of nitrogens with zero attached hydrogens (tertiary/aromatic N) is 2. The third-order valence-electron chi connectivity index (χ3n) is 5.43. The lowest BCUT2D eigenvalue weighted by atomic mass is 9.93. The highest BCUT2D eigenvalue weighted by molar-refractivity contribution is 6.07. The van der Waals surface area contributed by atoms with Crippen molar-refractivity contribution in [3.05, 3.63) is 41.1 Å². The van der Waals surface area contributed by atoms with E-state index in [0.29, 0.717) is 24.7 Å². The van der Waals surface area contributed by atoms with E-state index in [1.165, 1.54) is 5.56 Å². The van der Waals surface area contributed by atoms with Gasteiger partial charge in [-0.1, -0.05) is 6.07 Å². The fourth-order valence-corrected chi connectivity index (χ4v) is 4.08. The van der Waals surface area contributed by atoms with Crippen LogP contribution in [0.15, 0.2) is 24.3 Å². The van der Waals surface area contributed by atoms with E-state index in [1.807, 2.05) is 22.9 Å². The number of hydrogen-bond acceptors (Lipinski definition) is 4. The number of H-pyrrole nitrogens is 1. The molecule has 0 spiro atoms. The average Bonchev–Trinajstić information content (AvgIpc) is 3.37. The second-order valence-corrected chi connectivity index (χ2v) is 7.02. The molecule has 1 amide bonds. The molecule has 0 saturated carbocycles. The van der Waals surface area contributed by atoms with Gasteiger partial charge in [0, 0.05) is 11.9 Å². The molecular formula is C19H21N5O2. The van der Waals surface area contributed by atoms with E-state index in [-0.39, 0.29) is 0 Å². The van der Waals surface area contributed by atoms with Crippen LogP contribution in [0.3, 0.4) is 0 Å². The van der Waals surface area contributed by atoms with Crippen molar-refractivity contribution in [3.8, 4) is 11.4 Å². The van der Waals surface area contributed by atoms with Crippen LogP contribution in [0.4, 0.5) is 0 Å².